The first-order valence-electron chi connectivity index (χ1n) is 6.80. The van der Waals surface area contributed by atoms with Crippen LogP contribution in [0.5, 0.6) is 0 Å². The first kappa shape index (κ1) is 14.6. The Balaban J connectivity index is 1.78. The average molecular weight is 273 g/mol. The SMILES string of the molecule is O=CC1=CCC(C(O)NCC2=CCC(C=O)C=C2)C=C1. The van der Waals surface area contributed by atoms with Gasteiger partial charge in [-0.05, 0) is 18.4 Å². The van der Waals surface area contributed by atoms with Crippen LogP contribution in [0.15, 0.2) is 47.6 Å². The predicted octanol–water partition coefficient (Wildman–Crippen LogP) is 1.30. The molecule has 0 saturated heterocycles. The lowest BCUT2D eigenvalue weighted by Crippen LogP contribution is -2.36. The Hall–Kier alpha value is -1.78. The van der Waals surface area contributed by atoms with Gasteiger partial charge in [-0.15, -0.1) is 0 Å². The van der Waals surface area contributed by atoms with E-state index >= 15 is 0 Å². The molecule has 0 heterocycles. The minimum absolute atomic E-state index is 0.0168. The summed E-state index contributed by atoms with van der Waals surface area (Å²) in [6.45, 7) is 0.567. The fourth-order valence-corrected chi connectivity index (χ4v) is 2.26. The number of aliphatic hydroxyl groups is 1. The van der Waals surface area contributed by atoms with Gasteiger partial charge in [0.2, 0.25) is 0 Å². The van der Waals surface area contributed by atoms with Crippen molar-refractivity contribution in [2.75, 3.05) is 6.54 Å². The molecule has 3 atom stereocenters. The molecule has 0 aromatic carbocycles. The van der Waals surface area contributed by atoms with Gasteiger partial charge in [-0.2, -0.15) is 0 Å². The van der Waals surface area contributed by atoms with E-state index in [1.165, 1.54) is 0 Å². The molecular formula is C16H19NO3. The van der Waals surface area contributed by atoms with Gasteiger partial charge >= 0.3 is 0 Å². The van der Waals surface area contributed by atoms with Gasteiger partial charge in [-0.3, -0.25) is 10.1 Å². The van der Waals surface area contributed by atoms with Crippen LogP contribution in [0.3, 0.4) is 0 Å². The van der Waals surface area contributed by atoms with E-state index in [0.29, 0.717) is 18.5 Å². The second-order valence-corrected chi connectivity index (χ2v) is 5.08. The van der Waals surface area contributed by atoms with Crippen LogP contribution in [-0.4, -0.2) is 30.5 Å². The Morgan fingerprint density at radius 2 is 2.10 bits per heavy atom. The highest BCUT2D eigenvalue weighted by molar-refractivity contribution is 5.77. The second-order valence-electron chi connectivity index (χ2n) is 5.08. The van der Waals surface area contributed by atoms with Crippen molar-refractivity contribution in [3.63, 3.8) is 0 Å². The molecule has 106 valence electrons. The Bertz CT molecular complexity index is 488. The average Bonchev–Trinajstić information content (AvgIpc) is 2.53. The summed E-state index contributed by atoms with van der Waals surface area (Å²) in [5, 5.41) is 13.1. The summed E-state index contributed by atoms with van der Waals surface area (Å²) >= 11 is 0. The summed E-state index contributed by atoms with van der Waals surface area (Å²) in [5.74, 6) is -0.0357. The molecule has 4 heteroatoms. The van der Waals surface area contributed by atoms with Gasteiger partial charge in [0.15, 0.2) is 0 Å². The molecule has 0 aliphatic heterocycles. The highest BCUT2D eigenvalue weighted by atomic mass is 16.3. The molecule has 0 aromatic heterocycles. The third kappa shape index (κ3) is 3.85. The molecule has 0 fully saturated rings. The van der Waals surface area contributed by atoms with Crippen LogP contribution in [0.4, 0.5) is 0 Å². The number of nitrogens with one attached hydrogen (secondary N) is 1. The van der Waals surface area contributed by atoms with Crippen molar-refractivity contribution in [1.82, 2.24) is 5.32 Å². The quantitative estimate of drug-likeness (QED) is 0.565. The van der Waals surface area contributed by atoms with Gasteiger partial charge in [0.05, 0.1) is 0 Å². The lowest BCUT2D eigenvalue weighted by Gasteiger charge is -2.23. The predicted molar refractivity (Wildman–Crippen MR) is 76.8 cm³/mol. The number of carbonyl (C=O) groups excluding carboxylic acids is 2. The summed E-state index contributed by atoms with van der Waals surface area (Å²) in [6, 6.07) is 0. The zero-order chi connectivity index (χ0) is 14.4. The van der Waals surface area contributed by atoms with Crippen LogP contribution in [0, 0.1) is 11.8 Å². The number of hydrogen-bond donors (Lipinski definition) is 2. The third-order valence-electron chi connectivity index (χ3n) is 3.60. The molecule has 20 heavy (non-hydrogen) atoms. The van der Waals surface area contributed by atoms with Crippen molar-refractivity contribution in [3.05, 3.63) is 47.6 Å². The molecule has 0 spiro atoms. The molecule has 2 aliphatic carbocycles. The minimum atomic E-state index is -0.645. The van der Waals surface area contributed by atoms with Crippen molar-refractivity contribution in [3.8, 4) is 0 Å². The number of aldehydes is 2. The maximum atomic E-state index is 10.6. The van der Waals surface area contributed by atoms with Gasteiger partial charge in [0, 0.05) is 24.0 Å². The van der Waals surface area contributed by atoms with E-state index in [1.54, 1.807) is 6.08 Å². The molecular weight excluding hydrogens is 254 g/mol. The molecule has 0 radical (unpaired) electrons. The van der Waals surface area contributed by atoms with E-state index in [1.807, 2.05) is 30.4 Å². The van der Waals surface area contributed by atoms with Gasteiger partial charge < -0.3 is 9.90 Å². The number of allylic oxidation sites excluding steroid dienone is 5. The van der Waals surface area contributed by atoms with Gasteiger partial charge in [0.25, 0.3) is 0 Å². The van der Waals surface area contributed by atoms with Crippen LogP contribution in [-0.2, 0) is 9.59 Å². The molecule has 0 saturated carbocycles. The van der Waals surface area contributed by atoms with Crippen molar-refractivity contribution < 1.29 is 14.7 Å². The second kappa shape index (κ2) is 7.12. The number of hydrogen-bond acceptors (Lipinski definition) is 4. The Kier molecular flexibility index (Phi) is 5.21. The highest BCUT2D eigenvalue weighted by Crippen LogP contribution is 2.18. The first-order valence-corrected chi connectivity index (χ1v) is 6.80. The molecule has 2 N–H and O–H groups in total. The number of aliphatic hydroxyl groups excluding tert-OH is 1. The molecule has 3 unspecified atom stereocenters. The topological polar surface area (TPSA) is 66.4 Å². The van der Waals surface area contributed by atoms with E-state index in [2.05, 4.69) is 5.32 Å². The Labute approximate surface area is 118 Å². The molecule has 2 aliphatic rings. The zero-order valence-corrected chi connectivity index (χ0v) is 11.2. The maximum absolute atomic E-state index is 10.6. The first-order chi connectivity index (χ1) is 9.72. The van der Waals surface area contributed by atoms with Crippen LogP contribution in [0.25, 0.3) is 0 Å². The highest BCUT2D eigenvalue weighted by Gasteiger charge is 2.18. The summed E-state index contributed by atoms with van der Waals surface area (Å²) in [7, 11) is 0. The van der Waals surface area contributed by atoms with Crippen LogP contribution >= 0.6 is 0 Å². The largest absolute Gasteiger partial charge is 0.378 e. The Morgan fingerprint density at radius 3 is 2.65 bits per heavy atom. The van der Waals surface area contributed by atoms with Crippen molar-refractivity contribution in [2.24, 2.45) is 11.8 Å². The van der Waals surface area contributed by atoms with Gasteiger partial charge in [0.1, 0.15) is 18.8 Å². The standard InChI is InChI=1S/C16H19NO3/c18-10-13-3-1-12(2-4-13)9-17-16(20)15-7-5-14(11-19)6-8-15/h1-3,5-7,10-11,13,15-17,20H,4,8-9H2. The van der Waals surface area contributed by atoms with Crippen LogP contribution in [0.1, 0.15) is 12.8 Å². The minimum Gasteiger partial charge on any atom is -0.378 e. The Morgan fingerprint density at radius 1 is 1.25 bits per heavy atom. The molecule has 0 aromatic rings. The fraction of sp³-hybridized carbons (Fsp3) is 0.375. The number of carbonyl (C=O) groups is 2. The van der Waals surface area contributed by atoms with Gasteiger partial charge in [-0.25, -0.2) is 0 Å². The maximum Gasteiger partial charge on any atom is 0.149 e. The lowest BCUT2D eigenvalue weighted by molar-refractivity contribution is -0.109. The fourth-order valence-electron chi connectivity index (χ4n) is 2.26. The normalized spacial score (nSPS) is 26.6. The van der Waals surface area contributed by atoms with Crippen molar-refractivity contribution in [1.29, 1.82) is 0 Å². The third-order valence-corrected chi connectivity index (χ3v) is 3.60. The van der Waals surface area contributed by atoms with Crippen molar-refractivity contribution >= 4 is 12.6 Å². The van der Waals surface area contributed by atoms with E-state index in [-0.39, 0.29) is 11.8 Å². The number of rotatable bonds is 6. The van der Waals surface area contributed by atoms with E-state index in [0.717, 1.165) is 24.6 Å². The van der Waals surface area contributed by atoms with Gasteiger partial charge in [-0.1, -0.05) is 36.5 Å². The summed E-state index contributed by atoms with van der Waals surface area (Å²) in [6.07, 6.45) is 13.7. The smallest absolute Gasteiger partial charge is 0.149 e. The zero-order valence-electron chi connectivity index (χ0n) is 11.2. The molecule has 0 bridgehead atoms. The van der Waals surface area contributed by atoms with E-state index < -0.39 is 6.23 Å². The summed E-state index contributed by atoms with van der Waals surface area (Å²) in [5.41, 5.74) is 1.73. The van der Waals surface area contributed by atoms with Crippen molar-refractivity contribution in [2.45, 2.75) is 19.1 Å². The molecule has 0 amide bonds. The molecule has 2 rings (SSSR count). The summed E-state index contributed by atoms with van der Waals surface area (Å²) < 4.78 is 0. The van der Waals surface area contributed by atoms with E-state index in [4.69, 9.17) is 0 Å². The summed E-state index contributed by atoms with van der Waals surface area (Å²) in [4.78, 5) is 21.2. The molecule has 4 nitrogen and oxygen atoms in total. The lowest BCUT2D eigenvalue weighted by atomic mass is 9.95. The van der Waals surface area contributed by atoms with Crippen LogP contribution in [0.2, 0.25) is 0 Å². The monoisotopic (exact) mass is 273 g/mol. The van der Waals surface area contributed by atoms with Crippen LogP contribution < -0.4 is 5.32 Å². The van der Waals surface area contributed by atoms with E-state index in [9.17, 15) is 14.7 Å².